The molecule has 0 bridgehead atoms. The molecule has 34 heavy (non-hydrogen) atoms. The van der Waals surface area contributed by atoms with Crippen LogP contribution >= 0.6 is 0 Å². The molecule has 4 rings (SSSR count). The van der Waals surface area contributed by atoms with Crippen molar-refractivity contribution in [2.75, 3.05) is 19.8 Å². The summed E-state index contributed by atoms with van der Waals surface area (Å²) in [7, 11) is 0. The van der Waals surface area contributed by atoms with E-state index >= 15 is 0 Å². The number of rotatable bonds is 8. The maximum atomic E-state index is 12.1. The Labute approximate surface area is 201 Å². The molecule has 2 aliphatic rings. The number of hydrogen-bond acceptors (Lipinski definition) is 6. The normalized spacial score (nSPS) is 27.7. The van der Waals surface area contributed by atoms with E-state index in [-0.39, 0.29) is 36.4 Å². The highest BCUT2D eigenvalue weighted by molar-refractivity contribution is 5.89. The molecule has 6 atom stereocenters. The summed E-state index contributed by atoms with van der Waals surface area (Å²) in [5, 5.41) is 21.0. The lowest BCUT2D eigenvalue weighted by atomic mass is 9.85. The van der Waals surface area contributed by atoms with Crippen molar-refractivity contribution < 1.29 is 29.2 Å². The smallest absolute Gasteiger partial charge is 0.338 e. The molecule has 6 heteroatoms. The second-order valence-corrected chi connectivity index (χ2v) is 9.11. The Bertz CT molecular complexity index is 958. The third-order valence-electron chi connectivity index (χ3n) is 6.84. The van der Waals surface area contributed by atoms with Crippen molar-refractivity contribution in [3.05, 3.63) is 77.9 Å². The molecular formula is C28H34O6. The predicted octanol–water partition coefficient (Wildman–Crippen LogP) is 4.12. The second kappa shape index (κ2) is 11.6. The van der Waals surface area contributed by atoms with Gasteiger partial charge < -0.3 is 24.4 Å². The van der Waals surface area contributed by atoms with Crippen LogP contribution in [0.1, 0.15) is 48.0 Å². The Balaban J connectivity index is 1.36. The number of carbonyl (C=O) groups is 1. The summed E-state index contributed by atoms with van der Waals surface area (Å²) in [6.45, 7) is 2.87. The summed E-state index contributed by atoms with van der Waals surface area (Å²) >= 11 is 0. The number of aliphatic hydroxyl groups is 2. The highest BCUT2D eigenvalue weighted by Gasteiger charge is 2.43. The van der Waals surface area contributed by atoms with Crippen LogP contribution in [0.15, 0.2) is 66.7 Å². The molecule has 0 aromatic heterocycles. The van der Waals surface area contributed by atoms with E-state index < -0.39 is 12.2 Å². The van der Waals surface area contributed by atoms with Crippen molar-refractivity contribution in [2.24, 2.45) is 11.8 Å². The van der Waals surface area contributed by atoms with Crippen molar-refractivity contribution >= 4 is 5.97 Å². The van der Waals surface area contributed by atoms with Crippen molar-refractivity contribution in [3.63, 3.8) is 0 Å². The minimum Gasteiger partial charge on any atom is -0.491 e. The van der Waals surface area contributed by atoms with Gasteiger partial charge in [0.05, 0.1) is 31.0 Å². The Hall–Kier alpha value is -2.67. The lowest BCUT2D eigenvalue weighted by Gasteiger charge is -2.21. The van der Waals surface area contributed by atoms with Crippen LogP contribution < -0.4 is 4.74 Å². The number of aliphatic hydroxyl groups excluding tert-OH is 2. The van der Waals surface area contributed by atoms with Gasteiger partial charge in [0.25, 0.3) is 0 Å². The van der Waals surface area contributed by atoms with E-state index in [2.05, 4.69) is 0 Å². The number of fused-ring (bicyclic) bond motifs is 1. The molecule has 1 heterocycles. The Kier molecular flexibility index (Phi) is 8.38. The van der Waals surface area contributed by atoms with Gasteiger partial charge in [-0.1, -0.05) is 42.5 Å². The van der Waals surface area contributed by atoms with E-state index in [1.54, 1.807) is 19.1 Å². The summed E-state index contributed by atoms with van der Waals surface area (Å²) in [4.78, 5) is 12.1. The van der Waals surface area contributed by atoms with E-state index in [1.807, 2.05) is 54.6 Å². The van der Waals surface area contributed by atoms with Crippen LogP contribution in [-0.4, -0.2) is 54.3 Å². The minimum atomic E-state index is -0.753. The zero-order valence-corrected chi connectivity index (χ0v) is 19.6. The Morgan fingerprint density at radius 3 is 2.79 bits per heavy atom. The van der Waals surface area contributed by atoms with Gasteiger partial charge in [0.2, 0.25) is 0 Å². The zero-order chi connectivity index (χ0) is 23.9. The lowest BCUT2D eigenvalue weighted by Crippen LogP contribution is -2.22. The molecule has 2 aromatic carbocycles. The minimum absolute atomic E-state index is 0.0133. The first-order valence-corrected chi connectivity index (χ1v) is 12.2. The van der Waals surface area contributed by atoms with Crippen molar-refractivity contribution in [2.45, 2.75) is 50.4 Å². The molecule has 6 nitrogen and oxygen atoms in total. The SMILES string of the molecule is CCOC(=O)c1cccc([C@H]2CC[C@@H]3[C@@H](/C=C/[C@@H](O)COc4ccccc4)[C@H](O)C[C@@H]3OC2)c1. The third kappa shape index (κ3) is 6.06. The average molecular weight is 467 g/mol. The molecule has 0 spiro atoms. The van der Waals surface area contributed by atoms with Crippen LogP contribution in [0.3, 0.4) is 0 Å². The largest absolute Gasteiger partial charge is 0.491 e. The molecule has 1 saturated carbocycles. The van der Waals surface area contributed by atoms with Gasteiger partial charge in [-0.2, -0.15) is 0 Å². The van der Waals surface area contributed by atoms with Gasteiger partial charge in [-0.3, -0.25) is 0 Å². The second-order valence-electron chi connectivity index (χ2n) is 9.11. The number of hydrogen-bond donors (Lipinski definition) is 2. The number of benzene rings is 2. The first kappa shape index (κ1) is 24.5. The number of carbonyl (C=O) groups excluding carboxylic acids is 1. The third-order valence-corrected chi connectivity index (χ3v) is 6.84. The van der Waals surface area contributed by atoms with Crippen molar-refractivity contribution in [1.29, 1.82) is 0 Å². The molecule has 2 fully saturated rings. The van der Waals surface area contributed by atoms with E-state index in [1.165, 1.54) is 0 Å². The molecule has 2 aromatic rings. The average Bonchev–Trinajstić information content (AvgIpc) is 3.01. The van der Waals surface area contributed by atoms with Gasteiger partial charge in [0, 0.05) is 18.3 Å². The fourth-order valence-corrected chi connectivity index (χ4v) is 5.07. The molecule has 182 valence electrons. The summed E-state index contributed by atoms with van der Waals surface area (Å²) in [6.07, 6.45) is 4.80. The number of para-hydroxylation sites is 1. The van der Waals surface area contributed by atoms with Gasteiger partial charge >= 0.3 is 5.97 Å². The molecule has 0 radical (unpaired) electrons. The quantitative estimate of drug-likeness (QED) is 0.450. The van der Waals surface area contributed by atoms with Gasteiger partial charge in [0.15, 0.2) is 0 Å². The summed E-state index contributed by atoms with van der Waals surface area (Å²) in [5.74, 6) is 0.712. The molecule has 1 saturated heterocycles. The van der Waals surface area contributed by atoms with Crippen LogP contribution in [-0.2, 0) is 9.47 Å². The topological polar surface area (TPSA) is 85.2 Å². The summed E-state index contributed by atoms with van der Waals surface area (Å²) < 4.78 is 17.0. The molecule has 2 N–H and O–H groups in total. The Morgan fingerprint density at radius 2 is 2.00 bits per heavy atom. The van der Waals surface area contributed by atoms with Gasteiger partial charge in [0.1, 0.15) is 18.5 Å². The van der Waals surface area contributed by atoms with Crippen LogP contribution in [0.2, 0.25) is 0 Å². The first-order chi connectivity index (χ1) is 16.5. The molecular weight excluding hydrogens is 432 g/mol. The van der Waals surface area contributed by atoms with Gasteiger partial charge in [-0.25, -0.2) is 4.79 Å². The number of ether oxygens (including phenoxy) is 3. The maximum Gasteiger partial charge on any atom is 0.338 e. The van der Waals surface area contributed by atoms with Gasteiger partial charge in [-0.15, -0.1) is 0 Å². The van der Waals surface area contributed by atoms with Crippen LogP contribution in [0.5, 0.6) is 5.75 Å². The summed E-state index contributed by atoms with van der Waals surface area (Å²) in [6, 6.07) is 17.0. The van der Waals surface area contributed by atoms with E-state index in [0.29, 0.717) is 30.9 Å². The predicted molar refractivity (Wildman–Crippen MR) is 129 cm³/mol. The van der Waals surface area contributed by atoms with E-state index in [4.69, 9.17) is 14.2 Å². The first-order valence-electron chi connectivity index (χ1n) is 12.2. The summed E-state index contributed by atoms with van der Waals surface area (Å²) in [5.41, 5.74) is 1.64. The Morgan fingerprint density at radius 1 is 1.18 bits per heavy atom. The number of esters is 1. The fraction of sp³-hybridized carbons (Fsp3) is 0.464. The van der Waals surface area contributed by atoms with Crippen LogP contribution in [0.25, 0.3) is 0 Å². The van der Waals surface area contributed by atoms with E-state index in [9.17, 15) is 15.0 Å². The highest BCUT2D eigenvalue weighted by Crippen LogP contribution is 2.43. The van der Waals surface area contributed by atoms with Gasteiger partial charge in [-0.05, 0) is 55.5 Å². The molecule has 1 aliphatic heterocycles. The van der Waals surface area contributed by atoms with Crippen LogP contribution in [0, 0.1) is 11.8 Å². The maximum absolute atomic E-state index is 12.1. The molecule has 0 unspecified atom stereocenters. The zero-order valence-electron chi connectivity index (χ0n) is 19.6. The fourth-order valence-electron chi connectivity index (χ4n) is 5.07. The lowest BCUT2D eigenvalue weighted by molar-refractivity contribution is 0.0286. The highest BCUT2D eigenvalue weighted by atomic mass is 16.5. The van der Waals surface area contributed by atoms with E-state index in [0.717, 1.165) is 18.4 Å². The molecule has 0 amide bonds. The molecule has 1 aliphatic carbocycles. The van der Waals surface area contributed by atoms with Crippen molar-refractivity contribution in [3.8, 4) is 5.75 Å². The van der Waals surface area contributed by atoms with Crippen LogP contribution in [0.4, 0.5) is 0 Å². The van der Waals surface area contributed by atoms with Crippen molar-refractivity contribution in [1.82, 2.24) is 0 Å². The standard InChI is InChI=1S/C28H34O6/c1-2-32-28(31)20-8-6-7-19(15-20)21-11-13-25-24(26(30)16-27(25)34-17-21)14-12-22(29)18-33-23-9-4-3-5-10-23/h3-10,12,14-15,21-22,24-27,29-30H,2,11,13,16-18H2,1H3/b14-12+/t21-,22+,24+,25+,26+,27-/m0/s1. The monoisotopic (exact) mass is 466 g/mol.